The van der Waals surface area contributed by atoms with Gasteiger partial charge in [0.15, 0.2) is 0 Å². The molecule has 1 saturated carbocycles. The maximum atomic E-state index is 4.22. The number of rotatable bonds is 5. The van der Waals surface area contributed by atoms with E-state index in [-0.39, 0.29) is 0 Å². The van der Waals surface area contributed by atoms with E-state index in [1.807, 2.05) is 0 Å². The SMILES string of the molecule is CCN(CCS)CC1CC1. The molecule has 0 heterocycles. The highest BCUT2D eigenvalue weighted by molar-refractivity contribution is 7.80. The zero-order valence-electron chi connectivity index (χ0n) is 6.71. The summed E-state index contributed by atoms with van der Waals surface area (Å²) in [6.45, 7) is 5.90. The molecule has 0 amide bonds. The summed E-state index contributed by atoms with van der Waals surface area (Å²) in [5.41, 5.74) is 0. The Labute approximate surface area is 69.2 Å². The lowest BCUT2D eigenvalue weighted by Gasteiger charge is -2.18. The summed E-state index contributed by atoms with van der Waals surface area (Å²) < 4.78 is 0. The third-order valence-corrected chi connectivity index (χ3v) is 2.28. The van der Waals surface area contributed by atoms with Crippen LogP contribution in [-0.2, 0) is 0 Å². The highest BCUT2D eigenvalue weighted by Gasteiger charge is 2.22. The quantitative estimate of drug-likeness (QED) is 0.597. The first-order valence-electron chi connectivity index (χ1n) is 4.20. The molecule has 1 fully saturated rings. The molecule has 0 aromatic heterocycles. The lowest BCUT2D eigenvalue weighted by atomic mass is 10.3. The first-order chi connectivity index (χ1) is 4.86. The van der Waals surface area contributed by atoms with Crippen molar-refractivity contribution >= 4 is 12.6 Å². The molecule has 0 radical (unpaired) electrons. The fraction of sp³-hybridized carbons (Fsp3) is 1.00. The van der Waals surface area contributed by atoms with Crippen LogP contribution in [0.15, 0.2) is 0 Å². The Kier molecular flexibility index (Phi) is 3.57. The van der Waals surface area contributed by atoms with Gasteiger partial charge in [-0.25, -0.2) is 0 Å². The molecular formula is C8H17NS. The summed E-state index contributed by atoms with van der Waals surface area (Å²) in [5, 5.41) is 0. The van der Waals surface area contributed by atoms with Gasteiger partial charge in [0.2, 0.25) is 0 Å². The van der Waals surface area contributed by atoms with Gasteiger partial charge in [0.05, 0.1) is 0 Å². The van der Waals surface area contributed by atoms with Gasteiger partial charge in [0.25, 0.3) is 0 Å². The molecule has 0 N–H and O–H groups in total. The average Bonchev–Trinajstić information content (AvgIpc) is 2.71. The Hall–Kier alpha value is 0.310. The summed E-state index contributed by atoms with van der Waals surface area (Å²) >= 11 is 4.22. The third-order valence-electron chi connectivity index (χ3n) is 2.08. The number of hydrogen-bond donors (Lipinski definition) is 1. The molecule has 1 aliphatic carbocycles. The van der Waals surface area contributed by atoms with Crippen LogP contribution in [0, 0.1) is 5.92 Å². The van der Waals surface area contributed by atoms with Crippen LogP contribution < -0.4 is 0 Å². The van der Waals surface area contributed by atoms with Crippen LogP contribution in [0.4, 0.5) is 0 Å². The van der Waals surface area contributed by atoms with Crippen molar-refractivity contribution in [1.82, 2.24) is 4.90 Å². The van der Waals surface area contributed by atoms with Gasteiger partial charge >= 0.3 is 0 Å². The Morgan fingerprint density at radius 2 is 2.20 bits per heavy atom. The minimum atomic E-state index is 1.00. The number of thiol groups is 1. The molecule has 0 spiro atoms. The monoisotopic (exact) mass is 159 g/mol. The van der Waals surface area contributed by atoms with Crippen LogP contribution in [0.2, 0.25) is 0 Å². The average molecular weight is 159 g/mol. The van der Waals surface area contributed by atoms with Crippen LogP contribution in [0.3, 0.4) is 0 Å². The van der Waals surface area contributed by atoms with Gasteiger partial charge < -0.3 is 4.90 Å². The van der Waals surface area contributed by atoms with Crippen LogP contribution in [0.25, 0.3) is 0 Å². The molecule has 10 heavy (non-hydrogen) atoms. The van der Waals surface area contributed by atoms with Crippen molar-refractivity contribution in [2.45, 2.75) is 19.8 Å². The van der Waals surface area contributed by atoms with Crippen molar-refractivity contribution in [2.24, 2.45) is 5.92 Å². The first-order valence-corrected chi connectivity index (χ1v) is 4.83. The smallest absolute Gasteiger partial charge is 0.00698 e. The van der Waals surface area contributed by atoms with Crippen LogP contribution >= 0.6 is 12.6 Å². The van der Waals surface area contributed by atoms with E-state index >= 15 is 0 Å². The van der Waals surface area contributed by atoms with E-state index in [2.05, 4.69) is 24.5 Å². The minimum absolute atomic E-state index is 1.00. The van der Waals surface area contributed by atoms with Crippen molar-refractivity contribution in [3.63, 3.8) is 0 Å². The normalized spacial score (nSPS) is 18.3. The Morgan fingerprint density at radius 3 is 2.60 bits per heavy atom. The fourth-order valence-corrected chi connectivity index (χ4v) is 1.47. The lowest BCUT2D eigenvalue weighted by molar-refractivity contribution is 0.294. The fourth-order valence-electron chi connectivity index (χ4n) is 1.19. The summed E-state index contributed by atoms with van der Waals surface area (Å²) in [6.07, 6.45) is 2.92. The molecule has 0 bridgehead atoms. The van der Waals surface area contributed by atoms with E-state index in [0.29, 0.717) is 0 Å². The van der Waals surface area contributed by atoms with Gasteiger partial charge in [0.1, 0.15) is 0 Å². The van der Waals surface area contributed by atoms with E-state index in [4.69, 9.17) is 0 Å². The van der Waals surface area contributed by atoms with E-state index in [1.54, 1.807) is 0 Å². The summed E-state index contributed by atoms with van der Waals surface area (Å²) in [6, 6.07) is 0. The zero-order chi connectivity index (χ0) is 7.40. The topological polar surface area (TPSA) is 3.24 Å². The van der Waals surface area contributed by atoms with Crippen molar-refractivity contribution in [3.05, 3.63) is 0 Å². The molecule has 0 unspecified atom stereocenters. The molecule has 60 valence electrons. The van der Waals surface area contributed by atoms with Crippen LogP contribution in [-0.4, -0.2) is 30.3 Å². The molecule has 0 saturated heterocycles. The standard InChI is InChI=1S/C8H17NS/c1-2-9(5-6-10)7-8-3-4-8/h8,10H,2-7H2,1H3. The van der Waals surface area contributed by atoms with Gasteiger partial charge in [-0.2, -0.15) is 12.6 Å². The highest BCUT2D eigenvalue weighted by Crippen LogP contribution is 2.29. The van der Waals surface area contributed by atoms with E-state index in [0.717, 1.165) is 18.2 Å². The van der Waals surface area contributed by atoms with Crippen LogP contribution in [0.5, 0.6) is 0 Å². The molecule has 0 aliphatic heterocycles. The predicted molar refractivity (Wildman–Crippen MR) is 48.7 cm³/mol. The Balaban J connectivity index is 2.05. The minimum Gasteiger partial charge on any atom is -0.303 e. The second-order valence-corrected chi connectivity index (χ2v) is 3.51. The highest BCUT2D eigenvalue weighted by atomic mass is 32.1. The molecule has 0 aromatic carbocycles. The van der Waals surface area contributed by atoms with Gasteiger partial charge in [0, 0.05) is 18.8 Å². The molecule has 1 aliphatic rings. The second kappa shape index (κ2) is 4.24. The molecular weight excluding hydrogens is 142 g/mol. The Morgan fingerprint density at radius 1 is 1.50 bits per heavy atom. The molecule has 2 heteroatoms. The van der Waals surface area contributed by atoms with Gasteiger partial charge in [-0.1, -0.05) is 6.92 Å². The second-order valence-electron chi connectivity index (χ2n) is 3.06. The first kappa shape index (κ1) is 8.41. The van der Waals surface area contributed by atoms with Crippen molar-refractivity contribution in [1.29, 1.82) is 0 Å². The van der Waals surface area contributed by atoms with Crippen molar-refractivity contribution < 1.29 is 0 Å². The van der Waals surface area contributed by atoms with E-state index < -0.39 is 0 Å². The van der Waals surface area contributed by atoms with E-state index in [1.165, 1.54) is 25.9 Å². The lowest BCUT2D eigenvalue weighted by Crippen LogP contribution is -2.27. The van der Waals surface area contributed by atoms with Gasteiger partial charge in [-0.15, -0.1) is 0 Å². The number of nitrogens with zero attached hydrogens (tertiary/aromatic N) is 1. The summed E-state index contributed by atoms with van der Waals surface area (Å²) in [7, 11) is 0. The van der Waals surface area contributed by atoms with Crippen LogP contribution in [0.1, 0.15) is 19.8 Å². The van der Waals surface area contributed by atoms with Crippen molar-refractivity contribution in [3.8, 4) is 0 Å². The maximum absolute atomic E-state index is 4.22. The van der Waals surface area contributed by atoms with Gasteiger partial charge in [-0.05, 0) is 25.3 Å². The largest absolute Gasteiger partial charge is 0.303 e. The molecule has 0 aromatic rings. The zero-order valence-corrected chi connectivity index (χ0v) is 7.61. The van der Waals surface area contributed by atoms with E-state index in [9.17, 15) is 0 Å². The van der Waals surface area contributed by atoms with Gasteiger partial charge in [-0.3, -0.25) is 0 Å². The van der Waals surface area contributed by atoms with Crippen molar-refractivity contribution in [2.75, 3.05) is 25.4 Å². The molecule has 1 rings (SSSR count). The summed E-state index contributed by atoms with van der Waals surface area (Å²) in [4.78, 5) is 2.49. The third kappa shape index (κ3) is 2.93. The Bertz CT molecular complexity index is 91.3. The summed E-state index contributed by atoms with van der Waals surface area (Å²) in [5.74, 6) is 2.03. The maximum Gasteiger partial charge on any atom is 0.00698 e. The molecule has 1 nitrogen and oxygen atoms in total. The molecule has 0 atom stereocenters. The predicted octanol–water partition coefficient (Wildman–Crippen LogP) is 1.65. The number of hydrogen-bond acceptors (Lipinski definition) is 2.